The molecular weight excluding hydrogens is 276 g/mol. The van der Waals surface area contributed by atoms with Crippen LogP contribution in [0.15, 0.2) is 29.1 Å². The second-order valence-corrected chi connectivity index (χ2v) is 5.59. The van der Waals surface area contributed by atoms with Gasteiger partial charge < -0.3 is 10.1 Å². The van der Waals surface area contributed by atoms with Crippen LogP contribution in [0.25, 0.3) is 11.1 Å². The first-order valence-electron chi connectivity index (χ1n) is 6.55. The Hall–Kier alpha value is -1.81. The predicted octanol–water partition coefficient (Wildman–Crippen LogP) is 3.38. The Morgan fingerprint density at radius 2 is 2.15 bits per heavy atom. The van der Waals surface area contributed by atoms with Crippen molar-refractivity contribution < 1.29 is 5.11 Å². The smallest absolute Gasteiger partial charge is 0.262 e. The van der Waals surface area contributed by atoms with Gasteiger partial charge in [0, 0.05) is 11.4 Å². The van der Waals surface area contributed by atoms with Gasteiger partial charge in [0.2, 0.25) is 5.88 Å². The highest BCUT2D eigenvalue weighted by Gasteiger charge is 2.13. The molecule has 2 N–H and O–H groups in total. The molecule has 20 heavy (non-hydrogen) atoms. The van der Waals surface area contributed by atoms with Gasteiger partial charge in [-0.3, -0.25) is 4.79 Å². The molecule has 0 atom stereocenters. The van der Waals surface area contributed by atoms with Gasteiger partial charge in [-0.1, -0.05) is 37.6 Å². The monoisotopic (exact) mass is 292 g/mol. The van der Waals surface area contributed by atoms with Crippen molar-refractivity contribution in [2.24, 2.45) is 5.92 Å². The van der Waals surface area contributed by atoms with Crippen LogP contribution < -0.4 is 5.56 Å². The summed E-state index contributed by atoms with van der Waals surface area (Å²) in [5.41, 5.74) is 0.360. The lowest BCUT2D eigenvalue weighted by Gasteiger charge is -2.07. The van der Waals surface area contributed by atoms with E-state index in [-0.39, 0.29) is 17.0 Å². The van der Waals surface area contributed by atoms with E-state index in [9.17, 15) is 9.90 Å². The molecule has 0 radical (unpaired) electrons. The van der Waals surface area contributed by atoms with Gasteiger partial charge in [0.1, 0.15) is 11.4 Å². The number of aryl methyl sites for hydroxylation is 1. The van der Waals surface area contributed by atoms with E-state index >= 15 is 0 Å². The third-order valence-electron chi connectivity index (χ3n) is 3.02. The number of aromatic hydroxyl groups is 1. The first kappa shape index (κ1) is 14.6. The highest BCUT2D eigenvalue weighted by molar-refractivity contribution is 6.30. The van der Waals surface area contributed by atoms with Crippen LogP contribution in [0.1, 0.15) is 26.1 Å². The molecule has 1 aromatic carbocycles. The van der Waals surface area contributed by atoms with Crippen LogP contribution in [0.5, 0.6) is 5.88 Å². The summed E-state index contributed by atoms with van der Waals surface area (Å²) in [6.45, 7) is 4.19. The lowest BCUT2D eigenvalue weighted by molar-refractivity contribution is 0.448. The normalized spacial score (nSPS) is 11.0. The van der Waals surface area contributed by atoms with Crippen molar-refractivity contribution in [2.45, 2.75) is 26.7 Å². The van der Waals surface area contributed by atoms with Gasteiger partial charge in [-0.15, -0.1) is 0 Å². The quantitative estimate of drug-likeness (QED) is 0.908. The molecule has 0 aliphatic rings. The molecule has 4 nitrogen and oxygen atoms in total. The summed E-state index contributed by atoms with van der Waals surface area (Å²) in [6.07, 6.45) is 1.54. The van der Waals surface area contributed by atoms with Crippen molar-refractivity contribution in [3.63, 3.8) is 0 Å². The molecule has 2 aromatic rings. The number of hydrogen-bond acceptors (Lipinski definition) is 3. The van der Waals surface area contributed by atoms with Crippen LogP contribution in [-0.4, -0.2) is 15.1 Å². The molecule has 0 unspecified atom stereocenters. The maximum atomic E-state index is 12.1. The summed E-state index contributed by atoms with van der Waals surface area (Å²) in [5, 5.41) is 10.5. The van der Waals surface area contributed by atoms with Gasteiger partial charge in [0.05, 0.1) is 0 Å². The topological polar surface area (TPSA) is 66.0 Å². The van der Waals surface area contributed by atoms with Gasteiger partial charge >= 0.3 is 0 Å². The highest BCUT2D eigenvalue weighted by atomic mass is 35.5. The summed E-state index contributed by atoms with van der Waals surface area (Å²) in [7, 11) is 0. The Bertz CT molecular complexity index is 665. The van der Waals surface area contributed by atoms with Crippen LogP contribution in [0.4, 0.5) is 0 Å². The van der Waals surface area contributed by atoms with Crippen molar-refractivity contribution in [2.75, 3.05) is 0 Å². The van der Waals surface area contributed by atoms with E-state index in [1.807, 2.05) is 0 Å². The van der Waals surface area contributed by atoms with Gasteiger partial charge in [0.15, 0.2) is 0 Å². The molecule has 1 heterocycles. The van der Waals surface area contributed by atoms with Gasteiger partial charge in [-0.05, 0) is 30.0 Å². The molecule has 0 aliphatic heterocycles. The lowest BCUT2D eigenvalue weighted by atomic mass is 10.1. The molecule has 0 fully saturated rings. The number of hydrogen-bond donors (Lipinski definition) is 2. The SMILES string of the molecule is CC(C)CCc1nc(O)c(-c2cccc(Cl)c2)c(=O)[nH]1. The standard InChI is InChI=1S/C15H17ClN2O2/c1-9(2)6-7-12-17-14(19)13(15(20)18-12)10-4-3-5-11(16)8-10/h3-5,8-9H,6-7H2,1-2H3,(H2,17,18,19,20). The Balaban J connectivity index is 2.39. The largest absolute Gasteiger partial charge is 0.493 e. The van der Waals surface area contributed by atoms with Crippen LogP contribution in [0.3, 0.4) is 0 Å². The summed E-state index contributed by atoms with van der Waals surface area (Å²) in [5.74, 6) is 0.761. The zero-order valence-corrected chi connectivity index (χ0v) is 12.2. The molecule has 0 saturated carbocycles. The molecule has 0 bridgehead atoms. The molecule has 1 aromatic heterocycles. The number of aromatic nitrogens is 2. The summed E-state index contributed by atoms with van der Waals surface area (Å²) < 4.78 is 0. The average Bonchev–Trinajstić information content (AvgIpc) is 2.35. The lowest BCUT2D eigenvalue weighted by Crippen LogP contribution is -2.14. The minimum atomic E-state index is -0.349. The Morgan fingerprint density at radius 1 is 1.40 bits per heavy atom. The van der Waals surface area contributed by atoms with E-state index in [1.54, 1.807) is 24.3 Å². The van der Waals surface area contributed by atoms with Crippen molar-refractivity contribution in [3.8, 4) is 17.0 Å². The molecular formula is C15H17ClN2O2. The number of aromatic amines is 1. The first-order chi connectivity index (χ1) is 9.47. The van der Waals surface area contributed by atoms with Crippen LogP contribution >= 0.6 is 11.6 Å². The van der Waals surface area contributed by atoms with Gasteiger partial charge in [0.25, 0.3) is 5.56 Å². The summed E-state index contributed by atoms with van der Waals surface area (Å²) in [6, 6.07) is 6.77. The third kappa shape index (κ3) is 3.39. The summed E-state index contributed by atoms with van der Waals surface area (Å²) in [4.78, 5) is 18.9. The van der Waals surface area contributed by atoms with E-state index in [2.05, 4.69) is 23.8 Å². The Morgan fingerprint density at radius 3 is 2.75 bits per heavy atom. The molecule has 0 spiro atoms. The van der Waals surface area contributed by atoms with Crippen molar-refractivity contribution >= 4 is 11.6 Å². The predicted molar refractivity (Wildman–Crippen MR) is 80.1 cm³/mol. The fraction of sp³-hybridized carbons (Fsp3) is 0.333. The number of rotatable bonds is 4. The molecule has 0 saturated heterocycles. The molecule has 0 amide bonds. The second-order valence-electron chi connectivity index (χ2n) is 5.15. The van der Waals surface area contributed by atoms with E-state index in [1.165, 1.54) is 0 Å². The van der Waals surface area contributed by atoms with Gasteiger partial charge in [-0.25, -0.2) is 0 Å². The number of halogens is 1. The maximum absolute atomic E-state index is 12.1. The fourth-order valence-corrected chi connectivity index (χ4v) is 2.15. The average molecular weight is 293 g/mol. The molecule has 106 valence electrons. The zero-order valence-electron chi connectivity index (χ0n) is 11.5. The number of nitrogens with zero attached hydrogens (tertiary/aromatic N) is 1. The Kier molecular flexibility index (Phi) is 4.45. The highest BCUT2D eigenvalue weighted by Crippen LogP contribution is 2.25. The minimum Gasteiger partial charge on any atom is -0.493 e. The molecule has 0 aliphatic carbocycles. The number of benzene rings is 1. The fourth-order valence-electron chi connectivity index (χ4n) is 1.95. The summed E-state index contributed by atoms with van der Waals surface area (Å²) >= 11 is 5.90. The van der Waals surface area contributed by atoms with E-state index in [4.69, 9.17) is 11.6 Å². The van der Waals surface area contributed by atoms with E-state index < -0.39 is 0 Å². The number of H-pyrrole nitrogens is 1. The van der Waals surface area contributed by atoms with E-state index in [0.29, 0.717) is 28.7 Å². The van der Waals surface area contributed by atoms with E-state index in [0.717, 1.165) is 6.42 Å². The molecule has 2 rings (SSSR count). The van der Waals surface area contributed by atoms with Crippen molar-refractivity contribution in [1.29, 1.82) is 0 Å². The zero-order chi connectivity index (χ0) is 14.7. The van der Waals surface area contributed by atoms with Crippen molar-refractivity contribution in [1.82, 2.24) is 9.97 Å². The third-order valence-corrected chi connectivity index (χ3v) is 3.26. The minimum absolute atomic E-state index is 0.154. The van der Waals surface area contributed by atoms with Crippen LogP contribution in [0, 0.1) is 5.92 Å². The Labute approximate surface area is 122 Å². The van der Waals surface area contributed by atoms with Crippen LogP contribution in [0.2, 0.25) is 5.02 Å². The second kappa shape index (κ2) is 6.09. The molecule has 5 heteroatoms. The van der Waals surface area contributed by atoms with Crippen LogP contribution in [-0.2, 0) is 6.42 Å². The van der Waals surface area contributed by atoms with Crippen molar-refractivity contribution in [3.05, 3.63) is 45.5 Å². The maximum Gasteiger partial charge on any atom is 0.262 e. The first-order valence-corrected chi connectivity index (χ1v) is 6.93. The number of nitrogens with one attached hydrogen (secondary N) is 1. The van der Waals surface area contributed by atoms with Gasteiger partial charge in [-0.2, -0.15) is 4.98 Å².